The Kier molecular flexibility index (Phi) is 14.2. The third kappa shape index (κ3) is 11.7. The maximum absolute atomic E-state index is 9.25. The molecule has 19 nitrogen and oxygen atoms in total. The van der Waals surface area contributed by atoms with E-state index >= 15 is 0 Å². The smallest absolute Gasteiger partial charge is 0.258 e. The number of aromatic hydroxyl groups is 1. The molecule has 0 aliphatic carbocycles. The number of nitrogens with two attached hydrogens (primary N) is 1. The molecule has 0 saturated heterocycles. The number of methoxy groups -OCH3 is 2. The van der Waals surface area contributed by atoms with Gasteiger partial charge in [0.05, 0.1) is 85.4 Å². The molecule has 332 valence electrons. The second-order valence-corrected chi connectivity index (χ2v) is 13.9. The average Bonchev–Trinajstić information content (AvgIpc) is 4.14. The predicted molar refractivity (Wildman–Crippen MR) is 248 cm³/mol. The largest absolute Gasteiger partial charge is 0.506 e. The highest BCUT2D eigenvalue weighted by Gasteiger charge is 2.16. The molecule has 1 aliphatic rings. The molecule has 0 atom stereocenters. The number of fused-ring (bicyclic) bond motifs is 3. The van der Waals surface area contributed by atoms with Crippen molar-refractivity contribution in [2.75, 3.05) is 20.0 Å². The molecular formula is C47H36ClN12O7+. The molecular weight excluding hydrogens is 880 g/mol. The van der Waals surface area contributed by atoms with E-state index in [0.717, 1.165) is 33.8 Å². The van der Waals surface area contributed by atoms with Gasteiger partial charge in [-0.3, -0.25) is 19.9 Å². The van der Waals surface area contributed by atoms with Gasteiger partial charge in [-0.1, -0.05) is 4.99 Å². The Labute approximate surface area is 385 Å². The van der Waals surface area contributed by atoms with Crippen LogP contribution in [0, 0.1) is 0 Å². The van der Waals surface area contributed by atoms with Crippen molar-refractivity contribution in [1.29, 1.82) is 0 Å². The van der Waals surface area contributed by atoms with E-state index in [2.05, 4.69) is 61.0 Å². The van der Waals surface area contributed by atoms with Crippen LogP contribution in [0.25, 0.3) is 62.2 Å². The number of hydrogen-bond acceptors (Lipinski definition) is 19. The molecule has 67 heavy (non-hydrogen) atoms. The third-order valence-corrected chi connectivity index (χ3v) is 9.27. The van der Waals surface area contributed by atoms with Crippen LogP contribution in [-0.4, -0.2) is 75.4 Å². The molecule has 11 heterocycles. The molecule has 0 aromatic carbocycles. The molecule has 0 saturated carbocycles. The standard InChI is InChI=1S/C18H14N4O3.C11H8N4O.C11H5N3O2.C7H8ClNO/c1-23-14-5-4-13(20-9-14)11-24-15-7-16-18(21-10-15)25-17(22-16)12-3-2-6-19-8-12;12-8-4-9-11(14-6-8)16-10(15-9)7-2-1-3-13-5-7;15-8-4-9-11(13-6-8)16-10(14-9)7-2-1-3-12-5-7;1-10-7-3-2-6(4-8)9-5-7/h2-10H,11H2,1H3;1-6H,12H2;1-2,4-6H;2-3,5H,4H2,1H3/p+1. The molecule has 0 radical (unpaired) electrons. The summed E-state index contributed by atoms with van der Waals surface area (Å²) in [5.41, 5.74) is 13.3. The van der Waals surface area contributed by atoms with Crippen molar-refractivity contribution in [3.8, 4) is 45.9 Å². The zero-order valence-corrected chi connectivity index (χ0v) is 36.2. The maximum atomic E-state index is 9.25. The lowest BCUT2D eigenvalue weighted by molar-refractivity contribution is 0.300. The number of pyridine rings is 7. The van der Waals surface area contributed by atoms with Crippen LogP contribution in [-0.2, 0) is 12.5 Å². The van der Waals surface area contributed by atoms with Crippen LogP contribution < -0.4 is 19.9 Å². The molecule has 11 rings (SSSR count). The van der Waals surface area contributed by atoms with Gasteiger partial charge in [-0.25, -0.2) is 29.9 Å². The summed E-state index contributed by atoms with van der Waals surface area (Å²) in [5, 5.41) is 9.25. The fraction of sp³-hybridized carbons (Fsp3) is 0.0851. The first-order valence-electron chi connectivity index (χ1n) is 19.9. The number of nitrogens with zero attached hydrogens (tertiary/aromatic N) is 11. The normalized spacial score (nSPS) is 11.3. The second kappa shape index (κ2) is 21.5. The number of aromatic nitrogens is 10. The Morgan fingerprint density at radius 1 is 0.627 bits per heavy atom. The van der Waals surface area contributed by atoms with E-state index in [-0.39, 0.29) is 5.75 Å². The topological polar surface area (TPSA) is 255 Å². The van der Waals surface area contributed by atoms with E-state index in [4.69, 9.17) is 44.8 Å². The fourth-order valence-electron chi connectivity index (χ4n) is 5.72. The van der Waals surface area contributed by atoms with Gasteiger partial charge in [0.2, 0.25) is 28.9 Å². The van der Waals surface area contributed by atoms with Crippen molar-refractivity contribution in [3.05, 3.63) is 158 Å². The minimum Gasteiger partial charge on any atom is -0.506 e. The molecule has 1 aliphatic heterocycles. The number of allylic oxidation sites excluding steroid dienone is 3. The van der Waals surface area contributed by atoms with Crippen molar-refractivity contribution in [2.45, 2.75) is 12.5 Å². The predicted octanol–water partition coefficient (Wildman–Crippen LogP) is 8.75. The number of ether oxygens (including phenoxy) is 3. The van der Waals surface area contributed by atoms with Crippen molar-refractivity contribution in [2.24, 2.45) is 4.99 Å². The molecule has 0 bridgehead atoms. The Balaban J connectivity index is 0.000000127. The number of halogens is 1. The fourth-order valence-corrected chi connectivity index (χ4v) is 5.87. The zero-order chi connectivity index (χ0) is 46.4. The van der Waals surface area contributed by atoms with Crippen LogP contribution in [0.4, 0.5) is 5.69 Å². The quantitative estimate of drug-likeness (QED) is 0.101. The van der Waals surface area contributed by atoms with E-state index in [1.807, 2.05) is 48.5 Å². The molecule has 10 aromatic heterocycles. The summed E-state index contributed by atoms with van der Waals surface area (Å²) in [6.07, 6.45) is 22.3. The number of hydrogen-bond donors (Lipinski definition) is 2. The monoisotopic (exact) mass is 915 g/mol. The lowest BCUT2D eigenvalue weighted by Crippen LogP contribution is -1.98. The van der Waals surface area contributed by atoms with Gasteiger partial charge in [0, 0.05) is 36.9 Å². The van der Waals surface area contributed by atoms with Crippen LogP contribution in [0.1, 0.15) is 17.3 Å². The van der Waals surface area contributed by atoms with E-state index in [1.54, 1.807) is 94.3 Å². The highest BCUT2D eigenvalue weighted by Crippen LogP contribution is 2.27. The summed E-state index contributed by atoms with van der Waals surface area (Å²) in [4.78, 5) is 45.4. The first-order valence-corrected chi connectivity index (χ1v) is 20.4. The molecule has 0 amide bonds. The first-order chi connectivity index (χ1) is 32.8. The van der Waals surface area contributed by atoms with Gasteiger partial charge in [-0.15, -0.1) is 11.6 Å². The summed E-state index contributed by atoms with van der Waals surface area (Å²) in [6.45, 7) is 0.324. The summed E-state index contributed by atoms with van der Waals surface area (Å²) in [7, 11) is 3.21. The Hall–Kier alpha value is -9.19. The van der Waals surface area contributed by atoms with E-state index in [1.165, 1.54) is 12.3 Å². The van der Waals surface area contributed by atoms with Crippen molar-refractivity contribution >= 4 is 62.8 Å². The van der Waals surface area contributed by atoms with Gasteiger partial charge in [0.1, 0.15) is 52.2 Å². The highest BCUT2D eigenvalue weighted by molar-refractivity contribution is 6.16. The zero-order valence-electron chi connectivity index (χ0n) is 35.5. The summed E-state index contributed by atoms with van der Waals surface area (Å²) in [6, 6.07) is 19.8. The van der Waals surface area contributed by atoms with Crippen molar-refractivity contribution < 1.29 is 32.6 Å². The van der Waals surface area contributed by atoms with Crippen LogP contribution in [0.2, 0.25) is 0 Å². The Morgan fingerprint density at radius 2 is 1.19 bits per heavy atom. The highest BCUT2D eigenvalue weighted by atomic mass is 35.5. The van der Waals surface area contributed by atoms with Gasteiger partial charge in [0.15, 0.2) is 18.0 Å². The summed E-state index contributed by atoms with van der Waals surface area (Å²) >= 11 is 5.52. The van der Waals surface area contributed by atoms with Crippen LogP contribution in [0.3, 0.4) is 0 Å². The minimum atomic E-state index is 0.0619. The third-order valence-electron chi connectivity index (χ3n) is 8.99. The van der Waals surface area contributed by atoms with Crippen LogP contribution in [0.5, 0.6) is 23.0 Å². The van der Waals surface area contributed by atoms with Crippen LogP contribution >= 0.6 is 11.6 Å². The molecule has 0 fully saturated rings. The van der Waals surface area contributed by atoms with E-state index in [9.17, 15) is 5.11 Å². The first kappa shape index (κ1) is 44.4. The number of anilines is 1. The van der Waals surface area contributed by atoms with E-state index in [0.29, 0.717) is 81.0 Å². The van der Waals surface area contributed by atoms with Gasteiger partial charge < -0.3 is 38.3 Å². The number of nitrogen functional groups attached to an aromatic ring is 1. The number of oxazole rings is 3. The number of alkyl halides is 1. The van der Waals surface area contributed by atoms with E-state index < -0.39 is 0 Å². The van der Waals surface area contributed by atoms with Crippen molar-refractivity contribution in [3.63, 3.8) is 0 Å². The second-order valence-electron chi connectivity index (χ2n) is 13.6. The molecule has 3 N–H and O–H groups in total. The summed E-state index contributed by atoms with van der Waals surface area (Å²) in [5.74, 6) is 3.97. The molecule has 10 aromatic rings. The average molecular weight is 916 g/mol. The van der Waals surface area contributed by atoms with Gasteiger partial charge in [0.25, 0.3) is 5.89 Å². The summed E-state index contributed by atoms with van der Waals surface area (Å²) < 4.78 is 32.3. The van der Waals surface area contributed by atoms with Crippen LogP contribution in [0.15, 0.2) is 159 Å². The Bertz CT molecular complexity index is 3270. The van der Waals surface area contributed by atoms with Gasteiger partial charge in [-0.2, -0.15) is 0 Å². The number of aliphatic imine (C=N–C) groups is 1. The Morgan fingerprint density at radius 3 is 1.76 bits per heavy atom. The molecule has 0 unspecified atom stereocenters. The maximum Gasteiger partial charge on any atom is 0.258 e. The number of rotatable bonds is 9. The minimum absolute atomic E-state index is 0.0619. The van der Waals surface area contributed by atoms with Gasteiger partial charge >= 0.3 is 0 Å². The molecule has 20 heteroatoms. The van der Waals surface area contributed by atoms with Gasteiger partial charge in [-0.05, 0) is 54.6 Å². The molecule has 0 spiro atoms. The lowest BCUT2D eigenvalue weighted by Gasteiger charge is -2.05. The lowest BCUT2D eigenvalue weighted by atomic mass is 10.2. The SMILES string of the molecule is COc1ccc(CCl)nc1.COc1ccc(COc2cnc3oc(-c4cccnc4)nc3c2)nc1.Nc1cnc2oc(-c3cccnc3)nc2c1.Oc1cnc2oc(C3=CN=[C+]C=C3)nc2c1. The van der Waals surface area contributed by atoms with Crippen molar-refractivity contribution in [1.82, 2.24) is 49.8 Å².